The lowest BCUT2D eigenvalue weighted by Gasteiger charge is -2.32. The molecule has 2 heterocycles. The number of likely N-dealkylation sites (N-methyl/N-ethyl adjacent to an activating group) is 1. The van der Waals surface area contributed by atoms with E-state index in [4.69, 9.17) is 14.9 Å². The summed E-state index contributed by atoms with van der Waals surface area (Å²) in [7, 11) is 0. The van der Waals surface area contributed by atoms with Gasteiger partial charge in [-0.1, -0.05) is 6.92 Å². The summed E-state index contributed by atoms with van der Waals surface area (Å²) in [5, 5.41) is 0. The molecule has 4 nitrogen and oxygen atoms in total. The third-order valence-electron chi connectivity index (χ3n) is 3.56. The number of hydrogen-bond donors (Lipinski definition) is 1. The molecule has 96 valence electrons. The van der Waals surface area contributed by atoms with Gasteiger partial charge in [-0.15, -0.1) is 0 Å². The number of rotatable bonds is 6. The number of nitrogens with zero attached hydrogens (tertiary/aromatic N) is 1. The highest BCUT2D eigenvalue weighted by Crippen LogP contribution is 2.22. The summed E-state index contributed by atoms with van der Waals surface area (Å²) in [6.45, 7) is 6.39. The Hall–Kier alpha value is -0.840. The smallest absolute Gasteiger partial charge is 0.117 e. The van der Waals surface area contributed by atoms with E-state index in [1.165, 1.54) is 0 Å². The molecule has 1 aromatic heterocycles. The van der Waals surface area contributed by atoms with Gasteiger partial charge < -0.3 is 14.9 Å². The minimum atomic E-state index is 0.396. The highest BCUT2D eigenvalue weighted by molar-refractivity contribution is 4.99. The Labute approximate surface area is 103 Å². The SMILES string of the molecule is CCN(Cc1ccco1)C(CN)C1CCOC1. The van der Waals surface area contributed by atoms with Gasteiger partial charge in [0.1, 0.15) is 5.76 Å². The van der Waals surface area contributed by atoms with Crippen LogP contribution in [0.5, 0.6) is 0 Å². The van der Waals surface area contributed by atoms with Gasteiger partial charge in [-0.25, -0.2) is 0 Å². The number of hydrogen-bond acceptors (Lipinski definition) is 4. The summed E-state index contributed by atoms with van der Waals surface area (Å²) in [5.74, 6) is 1.57. The summed E-state index contributed by atoms with van der Waals surface area (Å²) >= 11 is 0. The second kappa shape index (κ2) is 6.19. The van der Waals surface area contributed by atoms with Crippen LogP contribution in [0.4, 0.5) is 0 Å². The Bertz CT molecular complexity index is 307. The van der Waals surface area contributed by atoms with E-state index in [9.17, 15) is 0 Å². The maximum Gasteiger partial charge on any atom is 0.117 e. The summed E-state index contributed by atoms with van der Waals surface area (Å²) in [6, 6.07) is 4.34. The highest BCUT2D eigenvalue weighted by atomic mass is 16.5. The van der Waals surface area contributed by atoms with Crippen molar-refractivity contribution in [1.82, 2.24) is 4.90 Å². The zero-order chi connectivity index (χ0) is 12.1. The minimum Gasteiger partial charge on any atom is -0.468 e. The summed E-state index contributed by atoms with van der Waals surface area (Å²) < 4.78 is 10.9. The maximum absolute atomic E-state index is 5.93. The van der Waals surface area contributed by atoms with Gasteiger partial charge in [0, 0.05) is 25.1 Å². The van der Waals surface area contributed by atoms with Crippen LogP contribution in [0.15, 0.2) is 22.8 Å². The molecule has 1 fully saturated rings. The normalized spacial score (nSPS) is 22.2. The van der Waals surface area contributed by atoms with Gasteiger partial charge in [-0.2, -0.15) is 0 Å². The van der Waals surface area contributed by atoms with Gasteiger partial charge in [0.2, 0.25) is 0 Å². The average Bonchev–Trinajstić information content (AvgIpc) is 3.00. The van der Waals surface area contributed by atoms with E-state index in [1.54, 1.807) is 6.26 Å². The van der Waals surface area contributed by atoms with Gasteiger partial charge in [-0.05, 0) is 25.1 Å². The van der Waals surface area contributed by atoms with Crippen molar-refractivity contribution in [3.05, 3.63) is 24.2 Å². The number of furan rings is 1. The van der Waals surface area contributed by atoms with Gasteiger partial charge in [0.25, 0.3) is 0 Å². The van der Waals surface area contributed by atoms with Crippen LogP contribution in [0.2, 0.25) is 0 Å². The van der Waals surface area contributed by atoms with Crippen LogP contribution in [0.1, 0.15) is 19.1 Å². The molecule has 0 bridgehead atoms. The van der Waals surface area contributed by atoms with Crippen LogP contribution >= 0.6 is 0 Å². The zero-order valence-corrected chi connectivity index (χ0v) is 10.5. The Balaban J connectivity index is 1.99. The second-order valence-electron chi connectivity index (χ2n) is 4.57. The third kappa shape index (κ3) is 3.09. The summed E-state index contributed by atoms with van der Waals surface area (Å²) in [5.41, 5.74) is 5.93. The predicted octanol–water partition coefficient (Wildman–Crippen LogP) is 1.47. The lowest BCUT2D eigenvalue weighted by Crippen LogP contribution is -2.45. The first-order valence-corrected chi connectivity index (χ1v) is 6.39. The first kappa shape index (κ1) is 12.6. The lowest BCUT2D eigenvalue weighted by atomic mass is 9.97. The summed E-state index contributed by atoms with van der Waals surface area (Å²) in [6.07, 6.45) is 2.84. The van der Waals surface area contributed by atoms with Gasteiger partial charge in [0.15, 0.2) is 0 Å². The molecule has 2 unspecified atom stereocenters. The Morgan fingerprint density at radius 3 is 3.00 bits per heavy atom. The van der Waals surface area contributed by atoms with Crippen molar-refractivity contribution in [2.24, 2.45) is 11.7 Å². The van der Waals surface area contributed by atoms with Gasteiger partial charge >= 0.3 is 0 Å². The Morgan fingerprint density at radius 1 is 1.59 bits per heavy atom. The average molecular weight is 238 g/mol. The molecule has 0 aliphatic carbocycles. The van der Waals surface area contributed by atoms with Crippen molar-refractivity contribution < 1.29 is 9.15 Å². The third-order valence-corrected chi connectivity index (χ3v) is 3.56. The first-order chi connectivity index (χ1) is 8.35. The topological polar surface area (TPSA) is 51.6 Å². The first-order valence-electron chi connectivity index (χ1n) is 6.39. The minimum absolute atomic E-state index is 0.396. The van der Waals surface area contributed by atoms with Crippen LogP contribution in [0.25, 0.3) is 0 Å². The molecule has 4 heteroatoms. The van der Waals surface area contributed by atoms with Crippen molar-refractivity contribution >= 4 is 0 Å². The van der Waals surface area contributed by atoms with Crippen LogP contribution in [0.3, 0.4) is 0 Å². The van der Waals surface area contributed by atoms with E-state index in [2.05, 4.69) is 11.8 Å². The van der Waals surface area contributed by atoms with Crippen LogP contribution < -0.4 is 5.73 Å². The van der Waals surface area contributed by atoms with Crippen LogP contribution in [0, 0.1) is 5.92 Å². The van der Waals surface area contributed by atoms with E-state index >= 15 is 0 Å². The van der Waals surface area contributed by atoms with E-state index in [0.717, 1.165) is 38.5 Å². The molecule has 0 radical (unpaired) electrons. The molecule has 1 saturated heterocycles. The Morgan fingerprint density at radius 2 is 2.47 bits per heavy atom. The molecule has 17 heavy (non-hydrogen) atoms. The molecule has 0 aromatic carbocycles. The van der Waals surface area contributed by atoms with Crippen molar-refractivity contribution in [3.63, 3.8) is 0 Å². The molecule has 2 atom stereocenters. The van der Waals surface area contributed by atoms with Crippen molar-refractivity contribution in [3.8, 4) is 0 Å². The van der Waals surface area contributed by atoms with E-state index in [1.807, 2.05) is 12.1 Å². The molecule has 1 aliphatic rings. The van der Waals surface area contributed by atoms with Gasteiger partial charge in [0.05, 0.1) is 19.4 Å². The van der Waals surface area contributed by atoms with Crippen molar-refractivity contribution in [1.29, 1.82) is 0 Å². The van der Waals surface area contributed by atoms with Gasteiger partial charge in [-0.3, -0.25) is 4.90 Å². The molecule has 2 N–H and O–H groups in total. The quantitative estimate of drug-likeness (QED) is 0.815. The van der Waals surface area contributed by atoms with Crippen molar-refractivity contribution in [2.45, 2.75) is 25.9 Å². The number of nitrogens with two attached hydrogens (primary N) is 1. The van der Waals surface area contributed by atoms with E-state index in [0.29, 0.717) is 18.5 Å². The molecule has 1 aromatic rings. The van der Waals surface area contributed by atoms with E-state index < -0.39 is 0 Å². The van der Waals surface area contributed by atoms with Crippen LogP contribution in [-0.2, 0) is 11.3 Å². The number of ether oxygens (including phenoxy) is 1. The molecule has 0 saturated carbocycles. The molecular weight excluding hydrogens is 216 g/mol. The largest absolute Gasteiger partial charge is 0.468 e. The molecular formula is C13H22N2O2. The second-order valence-corrected chi connectivity index (χ2v) is 4.57. The molecule has 2 rings (SSSR count). The molecule has 1 aliphatic heterocycles. The lowest BCUT2D eigenvalue weighted by molar-refractivity contribution is 0.115. The fourth-order valence-corrected chi connectivity index (χ4v) is 2.56. The van der Waals surface area contributed by atoms with Crippen molar-refractivity contribution in [2.75, 3.05) is 26.3 Å². The molecule has 0 spiro atoms. The fraction of sp³-hybridized carbons (Fsp3) is 0.692. The Kier molecular flexibility index (Phi) is 4.59. The summed E-state index contributed by atoms with van der Waals surface area (Å²) in [4.78, 5) is 2.39. The standard InChI is InChI=1S/C13H22N2O2/c1-2-15(9-12-4-3-6-17-12)13(8-14)11-5-7-16-10-11/h3-4,6,11,13H,2,5,7-10,14H2,1H3. The monoisotopic (exact) mass is 238 g/mol. The zero-order valence-electron chi connectivity index (χ0n) is 10.5. The molecule has 0 amide bonds. The maximum atomic E-state index is 5.93. The van der Waals surface area contributed by atoms with Crippen LogP contribution in [-0.4, -0.2) is 37.2 Å². The highest BCUT2D eigenvalue weighted by Gasteiger charge is 2.29. The predicted molar refractivity (Wildman–Crippen MR) is 66.6 cm³/mol. The van der Waals surface area contributed by atoms with E-state index in [-0.39, 0.29) is 0 Å². The fourth-order valence-electron chi connectivity index (χ4n) is 2.56.